The van der Waals surface area contributed by atoms with E-state index in [0.29, 0.717) is 18.7 Å². The number of benzene rings is 2. The van der Waals surface area contributed by atoms with Crippen molar-refractivity contribution in [1.82, 2.24) is 9.80 Å². The van der Waals surface area contributed by atoms with Crippen LogP contribution in [0.1, 0.15) is 25.0 Å². The van der Waals surface area contributed by atoms with E-state index in [0.717, 1.165) is 38.3 Å². The summed E-state index contributed by atoms with van der Waals surface area (Å²) >= 11 is 0. The molecule has 0 aliphatic carbocycles. The summed E-state index contributed by atoms with van der Waals surface area (Å²) in [5, 5.41) is 11.9. The van der Waals surface area contributed by atoms with Gasteiger partial charge in [0.05, 0.1) is 0 Å². The van der Waals surface area contributed by atoms with Gasteiger partial charge in [0.15, 0.2) is 5.76 Å². The molecule has 1 N–H and O–H groups in total. The van der Waals surface area contributed by atoms with Gasteiger partial charge in [0.2, 0.25) is 6.29 Å². The van der Waals surface area contributed by atoms with E-state index in [1.54, 1.807) is 6.26 Å². The van der Waals surface area contributed by atoms with Gasteiger partial charge in [-0.05, 0) is 24.2 Å². The standard InChI is InChI=1S/C26H34N2O3/c1-3-27(4-2)17-23-18-28(16-22-13-9-6-10-14-22)20-26(23,29)24-19-30-25(31-24)15-21-11-7-5-8-12-21/h5-14,19,23,25,29H,3-4,15-18,20H2,1-2H3. The van der Waals surface area contributed by atoms with Gasteiger partial charge < -0.3 is 19.5 Å². The number of β-amino-alcohol motifs (C(OH)–C–C–N with tert-alkyl or cyclic N) is 1. The minimum absolute atomic E-state index is 0.0569. The van der Waals surface area contributed by atoms with E-state index in [1.165, 1.54) is 5.56 Å². The van der Waals surface area contributed by atoms with Crippen molar-refractivity contribution in [1.29, 1.82) is 0 Å². The van der Waals surface area contributed by atoms with E-state index in [-0.39, 0.29) is 5.92 Å². The molecule has 0 saturated carbocycles. The quantitative estimate of drug-likeness (QED) is 0.668. The fourth-order valence-electron chi connectivity index (χ4n) is 4.68. The van der Waals surface area contributed by atoms with Crippen LogP contribution in [0.15, 0.2) is 72.7 Å². The normalized spacial score (nSPS) is 26.0. The lowest BCUT2D eigenvalue weighted by Gasteiger charge is -2.32. The molecule has 0 bridgehead atoms. The summed E-state index contributed by atoms with van der Waals surface area (Å²) in [6, 6.07) is 20.6. The zero-order valence-electron chi connectivity index (χ0n) is 18.6. The zero-order valence-corrected chi connectivity index (χ0v) is 18.6. The minimum atomic E-state index is -1.05. The molecule has 0 aromatic heterocycles. The lowest BCUT2D eigenvalue weighted by Crippen LogP contribution is -2.46. The molecule has 5 nitrogen and oxygen atoms in total. The Morgan fingerprint density at radius 3 is 2.29 bits per heavy atom. The highest BCUT2D eigenvalue weighted by Gasteiger charge is 2.51. The summed E-state index contributed by atoms with van der Waals surface area (Å²) in [4.78, 5) is 4.71. The molecule has 1 saturated heterocycles. The maximum absolute atomic E-state index is 11.9. The molecule has 2 heterocycles. The highest BCUT2D eigenvalue weighted by atomic mass is 16.7. The highest BCUT2D eigenvalue weighted by molar-refractivity contribution is 5.22. The van der Waals surface area contributed by atoms with Crippen LogP contribution in [0.25, 0.3) is 0 Å². The molecule has 1 fully saturated rings. The van der Waals surface area contributed by atoms with Gasteiger partial charge in [0.25, 0.3) is 0 Å². The second-order valence-electron chi connectivity index (χ2n) is 8.62. The molecular formula is C26H34N2O3. The van der Waals surface area contributed by atoms with Crippen LogP contribution in [0.2, 0.25) is 0 Å². The van der Waals surface area contributed by atoms with Crippen LogP contribution < -0.4 is 0 Å². The van der Waals surface area contributed by atoms with Crippen LogP contribution in [-0.2, 0) is 22.4 Å². The van der Waals surface area contributed by atoms with Crippen LogP contribution >= 0.6 is 0 Å². The summed E-state index contributed by atoms with van der Waals surface area (Å²) < 4.78 is 12.0. The summed E-state index contributed by atoms with van der Waals surface area (Å²) in [5.41, 5.74) is 1.36. The summed E-state index contributed by atoms with van der Waals surface area (Å²) in [6.07, 6.45) is 1.92. The molecule has 0 radical (unpaired) electrons. The molecule has 31 heavy (non-hydrogen) atoms. The van der Waals surface area contributed by atoms with Crippen LogP contribution in [0.3, 0.4) is 0 Å². The molecule has 3 unspecified atom stereocenters. The maximum Gasteiger partial charge on any atom is 0.244 e. The number of rotatable bonds is 9. The Bertz CT molecular complexity index is 853. The molecule has 2 aromatic carbocycles. The van der Waals surface area contributed by atoms with Crippen LogP contribution in [-0.4, -0.2) is 59.5 Å². The predicted molar refractivity (Wildman–Crippen MR) is 122 cm³/mol. The Morgan fingerprint density at radius 2 is 1.65 bits per heavy atom. The fraction of sp³-hybridized carbons (Fsp3) is 0.462. The molecule has 2 aromatic rings. The average Bonchev–Trinajstić information content (AvgIpc) is 3.38. The van der Waals surface area contributed by atoms with Gasteiger partial charge in [-0.1, -0.05) is 74.5 Å². The first kappa shape index (κ1) is 21.9. The van der Waals surface area contributed by atoms with Crippen molar-refractivity contribution in [2.75, 3.05) is 32.7 Å². The van der Waals surface area contributed by atoms with Crippen molar-refractivity contribution in [2.45, 2.75) is 38.7 Å². The minimum Gasteiger partial charge on any atom is -0.459 e. The van der Waals surface area contributed by atoms with E-state index < -0.39 is 11.9 Å². The number of aliphatic hydroxyl groups is 1. The van der Waals surface area contributed by atoms with E-state index in [1.807, 2.05) is 24.3 Å². The Balaban J connectivity index is 1.48. The van der Waals surface area contributed by atoms with Gasteiger partial charge in [-0.15, -0.1) is 0 Å². The molecule has 3 atom stereocenters. The van der Waals surface area contributed by atoms with Gasteiger partial charge in [-0.3, -0.25) is 4.90 Å². The zero-order chi connectivity index (χ0) is 21.7. The second kappa shape index (κ2) is 9.86. The number of nitrogens with zero attached hydrogens (tertiary/aromatic N) is 2. The fourth-order valence-corrected chi connectivity index (χ4v) is 4.68. The van der Waals surface area contributed by atoms with Gasteiger partial charge in [0, 0.05) is 38.5 Å². The van der Waals surface area contributed by atoms with Crippen molar-refractivity contribution in [3.05, 3.63) is 83.8 Å². The molecule has 2 aliphatic rings. The maximum atomic E-state index is 11.9. The van der Waals surface area contributed by atoms with Gasteiger partial charge in [-0.25, -0.2) is 0 Å². The number of likely N-dealkylation sites (tertiary alicyclic amines) is 1. The summed E-state index contributed by atoms with van der Waals surface area (Å²) in [5.74, 6) is 0.627. The summed E-state index contributed by atoms with van der Waals surface area (Å²) in [6.45, 7) is 9.29. The van der Waals surface area contributed by atoms with E-state index in [4.69, 9.17) is 9.47 Å². The molecule has 5 heteroatoms. The van der Waals surface area contributed by atoms with Crippen molar-refractivity contribution in [3.8, 4) is 0 Å². The smallest absolute Gasteiger partial charge is 0.244 e. The van der Waals surface area contributed by atoms with Crippen molar-refractivity contribution < 1.29 is 14.6 Å². The van der Waals surface area contributed by atoms with E-state index in [9.17, 15) is 5.11 Å². The second-order valence-corrected chi connectivity index (χ2v) is 8.62. The topological polar surface area (TPSA) is 45.2 Å². The third-order valence-corrected chi connectivity index (χ3v) is 6.50. The monoisotopic (exact) mass is 422 g/mol. The molecule has 0 amide bonds. The van der Waals surface area contributed by atoms with Crippen LogP contribution in [0.4, 0.5) is 0 Å². The SMILES string of the molecule is CCN(CC)CC1CN(Cc2ccccc2)CC1(O)C1=COC(Cc2ccccc2)O1. The third kappa shape index (κ3) is 5.12. The first-order chi connectivity index (χ1) is 15.1. The van der Waals surface area contributed by atoms with Gasteiger partial charge in [-0.2, -0.15) is 0 Å². The lowest BCUT2D eigenvalue weighted by atomic mass is 9.88. The number of ether oxygens (including phenoxy) is 2. The Kier molecular flexibility index (Phi) is 6.96. The Morgan fingerprint density at radius 1 is 1.00 bits per heavy atom. The van der Waals surface area contributed by atoms with E-state index >= 15 is 0 Å². The first-order valence-electron chi connectivity index (χ1n) is 11.4. The van der Waals surface area contributed by atoms with Crippen LogP contribution in [0, 0.1) is 5.92 Å². The van der Waals surface area contributed by atoms with Crippen molar-refractivity contribution in [3.63, 3.8) is 0 Å². The first-order valence-corrected chi connectivity index (χ1v) is 11.4. The van der Waals surface area contributed by atoms with Gasteiger partial charge in [0.1, 0.15) is 11.9 Å². The number of hydrogen-bond donors (Lipinski definition) is 1. The lowest BCUT2D eigenvalue weighted by molar-refractivity contribution is -0.0744. The predicted octanol–water partition coefficient (Wildman–Crippen LogP) is 3.65. The van der Waals surface area contributed by atoms with Gasteiger partial charge >= 0.3 is 0 Å². The number of hydrogen-bond acceptors (Lipinski definition) is 5. The highest BCUT2D eigenvalue weighted by Crippen LogP contribution is 2.39. The third-order valence-electron chi connectivity index (χ3n) is 6.50. The van der Waals surface area contributed by atoms with E-state index in [2.05, 4.69) is 60.0 Å². The Hall–Kier alpha value is -2.34. The van der Waals surface area contributed by atoms with Crippen molar-refractivity contribution >= 4 is 0 Å². The molecule has 4 rings (SSSR count). The molecule has 0 spiro atoms. The van der Waals surface area contributed by atoms with Crippen LogP contribution in [0.5, 0.6) is 0 Å². The summed E-state index contributed by atoms with van der Waals surface area (Å²) in [7, 11) is 0. The molecule has 2 aliphatic heterocycles. The molecule has 166 valence electrons. The molecular weight excluding hydrogens is 388 g/mol. The van der Waals surface area contributed by atoms with Crippen molar-refractivity contribution in [2.24, 2.45) is 5.92 Å². The largest absolute Gasteiger partial charge is 0.459 e. The Labute approximate surface area is 185 Å². The average molecular weight is 423 g/mol.